The highest BCUT2D eigenvalue weighted by Crippen LogP contribution is 2.24. The minimum Gasteiger partial charge on any atom is -0.484 e. The number of carbonyl (C=O) groups is 1. The summed E-state index contributed by atoms with van der Waals surface area (Å²) in [4.78, 5) is 16.6. The summed E-state index contributed by atoms with van der Waals surface area (Å²) in [7, 11) is 0. The lowest BCUT2D eigenvalue weighted by Gasteiger charge is -2.09. The van der Waals surface area contributed by atoms with Crippen LogP contribution in [0.1, 0.15) is 25.2 Å². The molecule has 0 aliphatic heterocycles. The van der Waals surface area contributed by atoms with Crippen molar-refractivity contribution in [3.05, 3.63) is 90.1 Å². The first-order chi connectivity index (χ1) is 17.5. The highest BCUT2D eigenvalue weighted by Gasteiger charge is 2.17. The number of aromatic amines is 1. The van der Waals surface area contributed by atoms with E-state index in [0.717, 1.165) is 22.0 Å². The van der Waals surface area contributed by atoms with E-state index in [1.165, 1.54) is 6.07 Å². The van der Waals surface area contributed by atoms with Crippen molar-refractivity contribution in [3.63, 3.8) is 0 Å². The molecule has 1 amide bonds. The van der Waals surface area contributed by atoms with Crippen molar-refractivity contribution in [2.45, 2.75) is 26.3 Å². The molecule has 182 valence electrons. The Bertz CT molecular complexity index is 1510. The van der Waals surface area contributed by atoms with Gasteiger partial charge in [0.05, 0.1) is 11.7 Å². The van der Waals surface area contributed by atoms with E-state index in [1.807, 2.05) is 44.2 Å². The Morgan fingerprint density at radius 2 is 1.92 bits per heavy atom. The summed E-state index contributed by atoms with van der Waals surface area (Å²) >= 11 is 0. The third kappa shape index (κ3) is 5.10. The third-order valence-electron chi connectivity index (χ3n) is 5.55. The number of aromatic nitrogens is 5. The van der Waals surface area contributed by atoms with Crippen LogP contribution < -0.4 is 10.1 Å². The van der Waals surface area contributed by atoms with Gasteiger partial charge in [-0.25, -0.2) is 14.1 Å². The number of hydrogen-bond acceptors (Lipinski definition) is 5. The van der Waals surface area contributed by atoms with Crippen molar-refractivity contribution in [1.82, 2.24) is 30.3 Å². The van der Waals surface area contributed by atoms with E-state index in [2.05, 4.69) is 20.6 Å². The van der Waals surface area contributed by atoms with Crippen molar-refractivity contribution in [3.8, 4) is 22.8 Å². The Labute approximate surface area is 207 Å². The van der Waals surface area contributed by atoms with Gasteiger partial charge in [0.2, 0.25) is 0 Å². The van der Waals surface area contributed by atoms with E-state index >= 15 is 0 Å². The summed E-state index contributed by atoms with van der Waals surface area (Å²) in [5.74, 6) is 1.05. The van der Waals surface area contributed by atoms with Crippen LogP contribution in [0.3, 0.4) is 0 Å². The van der Waals surface area contributed by atoms with Gasteiger partial charge in [0.1, 0.15) is 23.1 Å². The van der Waals surface area contributed by atoms with Crippen molar-refractivity contribution in [2.75, 3.05) is 6.61 Å². The molecule has 0 spiro atoms. The number of ether oxygens (including phenoxy) is 1. The number of hydrogen-bond donors (Lipinski definition) is 2. The van der Waals surface area contributed by atoms with Crippen molar-refractivity contribution in [2.24, 2.45) is 0 Å². The number of H-pyrrole nitrogens is 1. The predicted molar refractivity (Wildman–Crippen MR) is 134 cm³/mol. The van der Waals surface area contributed by atoms with Gasteiger partial charge in [-0.2, -0.15) is 5.10 Å². The molecule has 9 heteroatoms. The zero-order valence-electron chi connectivity index (χ0n) is 19.9. The lowest BCUT2D eigenvalue weighted by molar-refractivity contribution is -0.123. The van der Waals surface area contributed by atoms with E-state index in [-0.39, 0.29) is 24.4 Å². The number of para-hydroxylation sites is 1. The van der Waals surface area contributed by atoms with Crippen LogP contribution in [0.25, 0.3) is 28.0 Å². The largest absolute Gasteiger partial charge is 0.484 e. The lowest BCUT2D eigenvalue weighted by atomic mass is 10.1. The molecule has 5 rings (SSSR count). The fourth-order valence-corrected chi connectivity index (χ4v) is 3.89. The number of halogens is 1. The zero-order chi connectivity index (χ0) is 25.1. The number of nitrogens with zero attached hydrogens (tertiary/aromatic N) is 4. The summed E-state index contributed by atoms with van der Waals surface area (Å²) in [6, 6.07) is 19.7. The SMILES string of the molecule is CC(C)NC(=O)COc1ccc(-c2nc(Cc3ccc4[nH]ncc4c3)n(-c3ccccc3F)n2)cc1. The fourth-order valence-electron chi connectivity index (χ4n) is 3.89. The number of nitrogens with one attached hydrogen (secondary N) is 2. The minimum atomic E-state index is -0.385. The maximum absolute atomic E-state index is 14.7. The van der Waals surface area contributed by atoms with E-state index in [1.54, 1.807) is 41.2 Å². The van der Waals surface area contributed by atoms with Crippen LogP contribution in [0.4, 0.5) is 4.39 Å². The van der Waals surface area contributed by atoms with Crippen LogP contribution in [0, 0.1) is 5.82 Å². The van der Waals surface area contributed by atoms with Gasteiger partial charge in [0.15, 0.2) is 12.4 Å². The predicted octanol–water partition coefficient (Wildman–Crippen LogP) is 4.44. The molecule has 0 atom stereocenters. The summed E-state index contributed by atoms with van der Waals surface area (Å²) in [6.07, 6.45) is 2.22. The molecule has 0 saturated heterocycles. The Kier molecular flexibility index (Phi) is 6.44. The molecule has 0 fully saturated rings. The molecule has 36 heavy (non-hydrogen) atoms. The monoisotopic (exact) mass is 484 g/mol. The van der Waals surface area contributed by atoms with Gasteiger partial charge < -0.3 is 10.1 Å². The van der Waals surface area contributed by atoms with E-state index in [9.17, 15) is 9.18 Å². The number of benzene rings is 3. The second-order valence-corrected chi connectivity index (χ2v) is 8.72. The van der Waals surface area contributed by atoms with Crippen LogP contribution in [0.2, 0.25) is 0 Å². The standard InChI is InChI=1S/C27H25FN6O2/c1-17(2)30-26(35)16-36-21-10-8-19(9-11-21)27-31-25(34(33-27)24-6-4-3-5-22(24)28)14-18-7-12-23-20(13-18)15-29-32-23/h3-13,15,17H,14,16H2,1-2H3,(H,29,32)(H,30,35). The molecule has 0 radical (unpaired) electrons. The summed E-state index contributed by atoms with van der Waals surface area (Å²) in [5, 5.41) is 15.4. The highest BCUT2D eigenvalue weighted by atomic mass is 19.1. The van der Waals surface area contributed by atoms with Crippen LogP contribution in [-0.2, 0) is 11.2 Å². The first-order valence-corrected chi connectivity index (χ1v) is 11.6. The van der Waals surface area contributed by atoms with E-state index < -0.39 is 0 Å². The van der Waals surface area contributed by atoms with Crippen LogP contribution in [-0.4, -0.2) is 43.5 Å². The number of amides is 1. The molecule has 0 saturated carbocycles. The Morgan fingerprint density at radius 1 is 1.11 bits per heavy atom. The molecule has 3 aromatic carbocycles. The van der Waals surface area contributed by atoms with Crippen molar-refractivity contribution < 1.29 is 13.9 Å². The van der Waals surface area contributed by atoms with Gasteiger partial charge in [-0.3, -0.25) is 9.89 Å². The molecule has 0 aliphatic carbocycles. The lowest BCUT2D eigenvalue weighted by Crippen LogP contribution is -2.34. The molecule has 5 aromatic rings. The average molecular weight is 485 g/mol. The smallest absolute Gasteiger partial charge is 0.258 e. The number of fused-ring (bicyclic) bond motifs is 1. The zero-order valence-corrected chi connectivity index (χ0v) is 19.9. The summed E-state index contributed by atoms with van der Waals surface area (Å²) in [5.41, 5.74) is 3.02. The van der Waals surface area contributed by atoms with E-state index in [4.69, 9.17) is 9.72 Å². The molecular weight excluding hydrogens is 459 g/mol. The Balaban J connectivity index is 1.43. The quantitative estimate of drug-likeness (QED) is 0.339. The third-order valence-corrected chi connectivity index (χ3v) is 5.55. The van der Waals surface area contributed by atoms with Gasteiger partial charge >= 0.3 is 0 Å². The van der Waals surface area contributed by atoms with Crippen LogP contribution in [0.5, 0.6) is 5.75 Å². The Hall–Kier alpha value is -4.53. The summed E-state index contributed by atoms with van der Waals surface area (Å²) < 4.78 is 21.8. The minimum absolute atomic E-state index is 0.0508. The van der Waals surface area contributed by atoms with Gasteiger partial charge in [-0.05, 0) is 67.9 Å². The molecule has 2 heterocycles. The van der Waals surface area contributed by atoms with Crippen LogP contribution in [0.15, 0.2) is 72.9 Å². The first-order valence-electron chi connectivity index (χ1n) is 11.6. The maximum Gasteiger partial charge on any atom is 0.258 e. The highest BCUT2D eigenvalue weighted by molar-refractivity contribution is 5.78. The molecule has 2 aromatic heterocycles. The first kappa shape index (κ1) is 23.2. The summed E-state index contributed by atoms with van der Waals surface area (Å²) in [6.45, 7) is 3.72. The van der Waals surface area contributed by atoms with Gasteiger partial charge in [-0.15, -0.1) is 5.10 Å². The van der Waals surface area contributed by atoms with Crippen LogP contribution >= 0.6 is 0 Å². The molecule has 2 N–H and O–H groups in total. The molecule has 0 unspecified atom stereocenters. The molecule has 0 bridgehead atoms. The van der Waals surface area contributed by atoms with Crippen molar-refractivity contribution >= 4 is 16.8 Å². The van der Waals surface area contributed by atoms with Gasteiger partial charge in [0.25, 0.3) is 5.91 Å². The number of rotatable bonds is 8. The maximum atomic E-state index is 14.7. The number of carbonyl (C=O) groups excluding carboxylic acids is 1. The topological polar surface area (TPSA) is 97.7 Å². The molecular formula is C27H25FN6O2. The molecule has 8 nitrogen and oxygen atoms in total. The van der Waals surface area contributed by atoms with Gasteiger partial charge in [-0.1, -0.05) is 18.2 Å². The average Bonchev–Trinajstić information content (AvgIpc) is 3.50. The fraction of sp³-hybridized carbons (Fsp3) is 0.185. The van der Waals surface area contributed by atoms with Gasteiger partial charge in [0, 0.05) is 23.4 Å². The second kappa shape index (κ2) is 9.99. The van der Waals surface area contributed by atoms with Crippen molar-refractivity contribution in [1.29, 1.82) is 0 Å². The normalized spacial score (nSPS) is 11.2. The van der Waals surface area contributed by atoms with E-state index in [0.29, 0.717) is 29.5 Å². The Morgan fingerprint density at radius 3 is 2.69 bits per heavy atom. The second-order valence-electron chi connectivity index (χ2n) is 8.72. The molecule has 0 aliphatic rings.